The Kier molecular flexibility index (Phi) is 4.74. The number of fused-ring (bicyclic) bond motifs is 1. The van der Waals surface area contributed by atoms with Gasteiger partial charge in [-0.2, -0.15) is 0 Å². The predicted molar refractivity (Wildman–Crippen MR) is 93.6 cm³/mol. The van der Waals surface area contributed by atoms with E-state index in [4.69, 9.17) is 4.74 Å². The van der Waals surface area contributed by atoms with Crippen molar-refractivity contribution in [1.29, 1.82) is 0 Å². The van der Waals surface area contributed by atoms with E-state index in [-0.39, 0.29) is 18.2 Å². The topological polar surface area (TPSA) is 76.5 Å². The van der Waals surface area contributed by atoms with Crippen molar-refractivity contribution in [3.63, 3.8) is 0 Å². The number of benzene rings is 1. The number of imidazole rings is 1. The molecule has 2 heterocycles. The summed E-state index contributed by atoms with van der Waals surface area (Å²) in [6.07, 6.45) is 3.78. The number of likely N-dealkylation sites (N-methyl/N-ethyl adjacent to an activating group) is 1. The van der Waals surface area contributed by atoms with Crippen molar-refractivity contribution in [3.8, 4) is 5.75 Å². The summed E-state index contributed by atoms with van der Waals surface area (Å²) in [6.45, 7) is 3.14. The maximum absolute atomic E-state index is 12.9. The van der Waals surface area contributed by atoms with Crippen molar-refractivity contribution < 1.29 is 14.3 Å². The maximum atomic E-state index is 12.9. The van der Waals surface area contributed by atoms with Gasteiger partial charge >= 0.3 is 0 Å². The molecule has 1 aromatic carbocycles. The second-order valence-corrected chi connectivity index (χ2v) is 6.19. The van der Waals surface area contributed by atoms with Gasteiger partial charge in [-0.25, -0.2) is 4.98 Å². The lowest BCUT2D eigenvalue weighted by molar-refractivity contribution is -0.133. The molecule has 7 nitrogen and oxygen atoms in total. The summed E-state index contributed by atoms with van der Waals surface area (Å²) < 4.78 is 7.25. The summed E-state index contributed by atoms with van der Waals surface area (Å²) >= 11 is 0. The zero-order valence-electron chi connectivity index (χ0n) is 14.7. The van der Waals surface area contributed by atoms with Gasteiger partial charge in [0.25, 0.3) is 0 Å². The Morgan fingerprint density at radius 3 is 2.96 bits per heavy atom. The third kappa shape index (κ3) is 3.50. The highest BCUT2D eigenvalue weighted by atomic mass is 16.5. The van der Waals surface area contributed by atoms with Crippen LogP contribution in [0.15, 0.2) is 30.6 Å². The number of carbonyl (C=O) groups is 2. The lowest BCUT2D eigenvalue weighted by Gasteiger charge is -2.29. The van der Waals surface area contributed by atoms with E-state index in [1.54, 1.807) is 37.4 Å². The van der Waals surface area contributed by atoms with Gasteiger partial charge in [0, 0.05) is 44.6 Å². The van der Waals surface area contributed by atoms with Crippen LogP contribution in [0.25, 0.3) is 0 Å². The smallest absolute Gasteiger partial charge is 0.230 e. The fourth-order valence-electron chi connectivity index (χ4n) is 3.06. The summed E-state index contributed by atoms with van der Waals surface area (Å²) in [5.41, 5.74) is 1.48. The molecular formula is C18H22N4O3. The largest absolute Gasteiger partial charge is 0.497 e. The van der Waals surface area contributed by atoms with E-state index >= 15 is 0 Å². The first-order valence-corrected chi connectivity index (χ1v) is 8.20. The van der Waals surface area contributed by atoms with Gasteiger partial charge in [-0.3, -0.25) is 9.59 Å². The molecule has 7 heteroatoms. The van der Waals surface area contributed by atoms with Crippen molar-refractivity contribution in [2.24, 2.45) is 0 Å². The number of ether oxygens (including phenoxy) is 1. The minimum atomic E-state index is -0.493. The molecule has 132 valence electrons. The number of anilines is 1. The van der Waals surface area contributed by atoms with Gasteiger partial charge in [0.2, 0.25) is 11.8 Å². The first-order chi connectivity index (χ1) is 12.0. The minimum Gasteiger partial charge on any atom is -0.497 e. The van der Waals surface area contributed by atoms with Crippen LogP contribution in [0.1, 0.15) is 23.7 Å². The average Bonchev–Trinajstić information content (AvgIpc) is 3.02. The van der Waals surface area contributed by atoms with Gasteiger partial charge in [-0.05, 0) is 30.7 Å². The molecule has 0 saturated heterocycles. The molecule has 0 spiro atoms. The third-order valence-electron chi connectivity index (χ3n) is 4.57. The van der Waals surface area contributed by atoms with Crippen molar-refractivity contribution in [2.45, 2.75) is 25.8 Å². The number of aryl methyl sites for hydroxylation is 1. The Morgan fingerprint density at radius 1 is 1.48 bits per heavy atom. The predicted octanol–water partition coefficient (Wildman–Crippen LogP) is 1.78. The van der Waals surface area contributed by atoms with E-state index < -0.39 is 5.92 Å². The first kappa shape index (κ1) is 17.0. The summed E-state index contributed by atoms with van der Waals surface area (Å²) in [5, 5.41) is 2.82. The molecule has 0 fully saturated rings. The Hall–Kier alpha value is -2.83. The number of nitrogens with zero attached hydrogens (tertiary/aromatic N) is 3. The number of hydrogen-bond donors (Lipinski definition) is 1. The average molecular weight is 342 g/mol. The van der Waals surface area contributed by atoms with Gasteiger partial charge in [-0.15, -0.1) is 0 Å². The van der Waals surface area contributed by atoms with Crippen LogP contribution in [0.4, 0.5) is 5.69 Å². The van der Waals surface area contributed by atoms with E-state index in [2.05, 4.69) is 10.3 Å². The van der Waals surface area contributed by atoms with Crippen molar-refractivity contribution in [3.05, 3.63) is 42.0 Å². The lowest BCUT2D eigenvalue weighted by Crippen LogP contribution is -2.37. The molecule has 1 aliphatic rings. The molecule has 3 rings (SSSR count). The van der Waals surface area contributed by atoms with Gasteiger partial charge in [-0.1, -0.05) is 0 Å². The van der Waals surface area contributed by atoms with E-state index in [9.17, 15) is 9.59 Å². The molecule has 0 radical (unpaired) electrons. The van der Waals surface area contributed by atoms with Crippen LogP contribution in [0.5, 0.6) is 5.75 Å². The highest BCUT2D eigenvalue weighted by Gasteiger charge is 2.32. The quantitative estimate of drug-likeness (QED) is 0.899. The van der Waals surface area contributed by atoms with Crippen LogP contribution in [0, 0.1) is 6.92 Å². The van der Waals surface area contributed by atoms with Crippen molar-refractivity contribution >= 4 is 17.5 Å². The Bertz CT molecular complexity index is 799. The summed E-state index contributed by atoms with van der Waals surface area (Å²) in [4.78, 5) is 30.8. The molecule has 1 aliphatic heterocycles. The van der Waals surface area contributed by atoms with Crippen LogP contribution >= 0.6 is 0 Å². The van der Waals surface area contributed by atoms with Gasteiger partial charge < -0.3 is 19.5 Å². The van der Waals surface area contributed by atoms with Crippen LogP contribution in [0.2, 0.25) is 0 Å². The minimum absolute atomic E-state index is 0.0675. The number of nitrogens with one attached hydrogen (secondary N) is 1. The molecular weight excluding hydrogens is 320 g/mol. The Morgan fingerprint density at radius 2 is 2.28 bits per heavy atom. The molecule has 1 atom stereocenters. The summed E-state index contributed by atoms with van der Waals surface area (Å²) in [5.74, 6) is 0.877. The van der Waals surface area contributed by atoms with E-state index in [0.717, 1.165) is 11.4 Å². The zero-order valence-corrected chi connectivity index (χ0v) is 14.7. The molecule has 0 aliphatic carbocycles. The summed E-state index contributed by atoms with van der Waals surface area (Å²) in [6, 6.07) is 5.38. The fraction of sp³-hybridized carbons (Fsp3) is 0.389. The number of carbonyl (C=O) groups excluding carboxylic acids is 2. The standard InChI is InChI=1S/C18H22N4O3/c1-12-19-6-7-22(12)9-8-21(2)18(24)15-11-17(23)20-16-5-4-13(25-3)10-14(15)16/h4-7,10,15H,8-9,11H2,1-3H3,(H,20,23)/t15-/m1/s1. The zero-order chi connectivity index (χ0) is 18.0. The Balaban J connectivity index is 1.77. The summed E-state index contributed by atoms with van der Waals surface area (Å²) in [7, 11) is 3.35. The van der Waals surface area contributed by atoms with Crippen LogP contribution in [-0.2, 0) is 16.1 Å². The molecule has 0 bridgehead atoms. The second kappa shape index (κ2) is 6.96. The van der Waals surface area contributed by atoms with E-state index in [0.29, 0.717) is 24.5 Å². The van der Waals surface area contributed by atoms with Crippen LogP contribution in [-0.4, -0.2) is 47.0 Å². The monoisotopic (exact) mass is 342 g/mol. The molecule has 2 aromatic rings. The molecule has 1 N–H and O–H groups in total. The van der Waals surface area contributed by atoms with Crippen molar-refractivity contribution in [2.75, 3.05) is 26.0 Å². The maximum Gasteiger partial charge on any atom is 0.230 e. The van der Waals surface area contributed by atoms with Gasteiger partial charge in [0.1, 0.15) is 11.6 Å². The normalized spacial score (nSPS) is 16.1. The highest BCUT2D eigenvalue weighted by molar-refractivity contribution is 6.01. The number of hydrogen-bond acceptors (Lipinski definition) is 4. The molecule has 0 unspecified atom stereocenters. The van der Waals surface area contributed by atoms with E-state index in [1.165, 1.54) is 0 Å². The Labute approximate surface area is 146 Å². The number of aromatic nitrogens is 2. The van der Waals surface area contributed by atoms with Crippen LogP contribution < -0.4 is 10.1 Å². The van der Waals surface area contributed by atoms with Gasteiger partial charge in [0.05, 0.1) is 13.0 Å². The van der Waals surface area contributed by atoms with Crippen LogP contribution in [0.3, 0.4) is 0 Å². The van der Waals surface area contributed by atoms with Gasteiger partial charge in [0.15, 0.2) is 0 Å². The molecule has 1 aromatic heterocycles. The number of rotatable bonds is 5. The first-order valence-electron chi connectivity index (χ1n) is 8.20. The second-order valence-electron chi connectivity index (χ2n) is 6.19. The number of amides is 2. The van der Waals surface area contributed by atoms with E-state index in [1.807, 2.05) is 23.8 Å². The fourth-order valence-corrected chi connectivity index (χ4v) is 3.06. The molecule has 2 amide bonds. The molecule has 25 heavy (non-hydrogen) atoms. The SMILES string of the molecule is COc1ccc2c(c1)[C@H](C(=O)N(C)CCn1ccnc1C)CC(=O)N2. The van der Waals surface area contributed by atoms with Crippen molar-refractivity contribution in [1.82, 2.24) is 14.5 Å². The molecule has 0 saturated carbocycles. The highest BCUT2D eigenvalue weighted by Crippen LogP contribution is 2.35. The third-order valence-corrected chi connectivity index (χ3v) is 4.57. The number of methoxy groups -OCH3 is 1. The lowest BCUT2D eigenvalue weighted by atomic mass is 9.89.